The number of hydrogen-bond donors (Lipinski definition) is 1. The van der Waals surface area contributed by atoms with Crippen LogP contribution in [0.4, 0.5) is 0 Å². The number of carbonyl (C=O) groups is 1. The van der Waals surface area contributed by atoms with Crippen molar-refractivity contribution in [1.29, 1.82) is 0 Å². The highest BCUT2D eigenvalue weighted by Gasteiger charge is 2.16. The Bertz CT molecular complexity index is 722. The van der Waals surface area contributed by atoms with Gasteiger partial charge in [-0.05, 0) is 53.4 Å². The van der Waals surface area contributed by atoms with E-state index in [0.717, 1.165) is 23.2 Å². The molecule has 0 aliphatic carbocycles. The molecule has 0 unspecified atom stereocenters. The van der Waals surface area contributed by atoms with Crippen molar-refractivity contribution in [3.05, 3.63) is 27.9 Å². The van der Waals surface area contributed by atoms with Crippen LogP contribution in [0.25, 0.3) is 10.9 Å². The fourth-order valence-corrected chi connectivity index (χ4v) is 3.68. The number of carbonyl (C=O) groups excluding carboxylic acids is 1. The number of ether oxygens (including phenoxy) is 1. The van der Waals surface area contributed by atoms with Gasteiger partial charge in [0.2, 0.25) is 5.91 Å². The van der Waals surface area contributed by atoms with Crippen molar-refractivity contribution < 1.29 is 9.53 Å². The lowest BCUT2D eigenvalue weighted by Crippen LogP contribution is -2.22. The van der Waals surface area contributed by atoms with Gasteiger partial charge < -0.3 is 14.6 Å². The lowest BCUT2D eigenvalue weighted by atomic mass is 10.1. The summed E-state index contributed by atoms with van der Waals surface area (Å²) in [6.07, 6.45) is 4.45. The Hall–Kier alpha value is -1.49. The average molecular weight is 395 g/mol. The Morgan fingerprint density at radius 3 is 2.71 bits per heavy atom. The molecule has 0 spiro atoms. The molecule has 0 saturated heterocycles. The second kappa shape index (κ2) is 8.56. The molecule has 0 atom stereocenters. The smallest absolute Gasteiger partial charge is 0.216 e. The molecular formula is C19H27BrN2O2. The minimum atomic E-state index is 0.0136. The van der Waals surface area contributed by atoms with E-state index >= 15 is 0 Å². The summed E-state index contributed by atoms with van der Waals surface area (Å²) >= 11 is 3.60. The first-order valence-corrected chi connectivity index (χ1v) is 9.38. The van der Waals surface area contributed by atoms with Crippen LogP contribution in [0.1, 0.15) is 44.4 Å². The maximum atomic E-state index is 11.2. The molecule has 24 heavy (non-hydrogen) atoms. The van der Waals surface area contributed by atoms with E-state index in [2.05, 4.69) is 51.8 Å². The predicted octanol–water partition coefficient (Wildman–Crippen LogP) is 4.59. The van der Waals surface area contributed by atoms with Gasteiger partial charge in [0, 0.05) is 36.6 Å². The first kappa shape index (κ1) is 18.8. The molecule has 0 saturated carbocycles. The maximum absolute atomic E-state index is 11.2. The monoisotopic (exact) mass is 394 g/mol. The minimum absolute atomic E-state index is 0.0136. The summed E-state index contributed by atoms with van der Waals surface area (Å²) in [5, 5.41) is 4.12. The molecule has 2 aromatic rings. The Kier molecular flexibility index (Phi) is 6.72. The number of benzene rings is 1. The summed E-state index contributed by atoms with van der Waals surface area (Å²) in [6, 6.07) is 4.25. The average Bonchev–Trinajstić information content (AvgIpc) is 2.78. The molecule has 1 heterocycles. The van der Waals surface area contributed by atoms with Crippen molar-refractivity contribution >= 4 is 32.7 Å². The Labute approximate surface area is 152 Å². The zero-order valence-corrected chi connectivity index (χ0v) is 16.6. The van der Waals surface area contributed by atoms with Gasteiger partial charge in [0.15, 0.2) is 0 Å². The molecule has 1 N–H and O–H groups in total. The summed E-state index contributed by atoms with van der Waals surface area (Å²) in [5.74, 6) is 0.855. The molecule has 1 aromatic carbocycles. The van der Waals surface area contributed by atoms with E-state index in [0.29, 0.717) is 6.54 Å². The number of nitrogens with zero attached hydrogens (tertiary/aromatic N) is 1. The number of rotatable bonds is 8. The summed E-state index contributed by atoms with van der Waals surface area (Å²) in [6.45, 7) is 7.63. The Morgan fingerprint density at radius 2 is 2.08 bits per heavy atom. The van der Waals surface area contributed by atoms with E-state index in [1.807, 2.05) is 0 Å². The van der Waals surface area contributed by atoms with Crippen LogP contribution in [0.2, 0.25) is 0 Å². The third-order valence-electron chi connectivity index (χ3n) is 4.46. The predicted molar refractivity (Wildman–Crippen MR) is 103 cm³/mol. The lowest BCUT2D eigenvalue weighted by molar-refractivity contribution is -0.118. The van der Waals surface area contributed by atoms with Crippen LogP contribution in [0, 0.1) is 6.92 Å². The SMILES string of the molecule is CCCCCn1c(C)c(CCNC(C)=O)c2cc(OC)c(Br)cc21. The van der Waals surface area contributed by atoms with Gasteiger partial charge >= 0.3 is 0 Å². The van der Waals surface area contributed by atoms with Gasteiger partial charge in [0.05, 0.1) is 11.6 Å². The molecule has 2 rings (SSSR count). The van der Waals surface area contributed by atoms with Gasteiger partial charge in [-0.1, -0.05) is 19.8 Å². The molecule has 0 fully saturated rings. The van der Waals surface area contributed by atoms with Crippen LogP contribution in [0.15, 0.2) is 16.6 Å². The van der Waals surface area contributed by atoms with E-state index in [1.165, 1.54) is 41.4 Å². The van der Waals surface area contributed by atoms with Crippen LogP contribution in [-0.4, -0.2) is 24.1 Å². The molecule has 1 amide bonds. The molecular weight excluding hydrogens is 368 g/mol. The highest BCUT2D eigenvalue weighted by molar-refractivity contribution is 9.10. The van der Waals surface area contributed by atoms with Crippen LogP contribution in [0.5, 0.6) is 5.75 Å². The van der Waals surface area contributed by atoms with E-state index < -0.39 is 0 Å². The molecule has 132 valence electrons. The van der Waals surface area contributed by atoms with Crippen molar-refractivity contribution in [3.8, 4) is 5.75 Å². The topological polar surface area (TPSA) is 43.3 Å². The highest BCUT2D eigenvalue weighted by Crippen LogP contribution is 2.35. The summed E-state index contributed by atoms with van der Waals surface area (Å²) in [4.78, 5) is 11.2. The van der Waals surface area contributed by atoms with Gasteiger partial charge in [0.25, 0.3) is 0 Å². The fourth-order valence-electron chi connectivity index (χ4n) is 3.19. The van der Waals surface area contributed by atoms with Crippen LogP contribution in [-0.2, 0) is 17.8 Å². The Morgan fingerprint density at radius 1 is 1.33 bits per heavy atom. The number of aromatic nitrogens is 1. The Balaban J connectivity index is 2.44. The lowest BCUT2D eigenvalue weighted by Gasteiger charge is -2.09. The number of aryl methyl sites for hydroxylation is 1. The van der Waals surface area contributed by atoms with Crippen LogP contribution >= 0.6 is 15.9 Å². The van der Waals surface area contributed by atoms with Crippen LogP contribution < -0.4 is 10.1 Å². The second-order valence-corrected chi connectivity index (χ2v) is 7.01. The molecule has 0 aliphatic heterocycles. The van der Waals surface area contributed by atoms with Crippen molar-refractivity contribution in [2.24, 2.45) is 0 Å². The summed E-state index contributed by atoms with van der Waals surface area (Å²) < 4.78 is 8.85. The van der Waals surface area contributed by atoms with E-state index in [9.17, 15) is 4.79 Å². The first-order valence-electron chi connectivity index (χ1n) is 8.59. The van der Waals surface area contributed by atoms with E-state index in [-0.39, 0.29) is 5.91 Å². The van der Waals surface area contributed by atoms with E-state index in [4.69, 9.17) is 4.74 Å². The van der Waals surface area contributed by atoms with Crippen LogP contribution in [0.3, 0.4) is 0 Å². The molecule has 5 heteroatoms. The minimum Gasteiger partial charge on any atom is -0.496 e. The van der Waals surface area contributed by atoms with Gasteiger partial charge in [-0.3, -0.25) is 4.79 Å². The molecule has 0 aliphatic rings. The van der Waals surface area contributed by atoms with Crippen molar-refractivity contribution in [2.45, 2.75) is 53.0 Å². The summed E-state index contributed by atoms with van der Waals surface area (Å²) in [5.41, 5.74) is 3.81. The maximum Gasteiger partial charge on any atom is 0.216 e. The van der Waals surface area contributed by atoms with Gasteiger partial charge in [-0.2, -0.15) is 0 Å². The van der Waals surface area contributed by atoms with Gasteiger partial charge in [-0.25, -0.2) is 0 Å². The highest BCUT2D eigenvalue weighted by atomic mass is 79.9. The first-order chi connectivity index (χ1) is 11.5. The third-order valence-corrected chi connectivity index (χ3v) is 5.08. The number of amides is 1. The standard InChI is InChI=1S/C19H27BrN2O2/c1-5-6-7-10-22-13(2)15(8-9-21-14(3)23)16-11-19(24-4)17(20)12-18(16)22/h11-12H,5-10H2,1-4H3,(H,21,23). The number of nitrogens with one attached hydrogen (secondary N) is 1. The van der Waals surface area contributed by atoms with Crippen molar-refractivity contribution in [2.75, 3.05) is 13.7 Å². The van der Waals surface area contributed by atoms with Crippen molar-refractivity contribution in [1.82, 2.24) is 9.88 Å². The normalized spacial score (nSPS) is 11.0. The number of fused-ring (bicyclic) bond motifs is 1. The largest absolute Gasteiger partial charge is 0.496 e. The van der Waals surface area contributed by atoms with Gasteiger partial charge in [0.1, 0.15) is 5.75 Å². The number of methoxy groups -OCH3 is 1. The molecule has 4 nitrogen and oxygen atoms in total. The number of hydrogen-bond acceptors (Lipinski definition) is 2. The molecule has 0 radical (unpaired) electrons. The second-order valence-electron chi connectivity index (χ2n) is 6.16. The third kappa shape index (κ3) is 4.12. The van der Waals surface area contributed by atoms with Gasteiger partial charge in [-0.15, -0.1) is 0 Å². The molecule has 1 aromatic heterocycles. The quantitative estimate of drug-likeness (QED) is 0.665. The summed E-state index contributed by atoms with van der Waals surface area (Å²) in [7, 11) is 1.69. The zero-order valence-electron chi connectivity index (χ0n) is 15.0. The number of halogens is 1. The zero-order chi connectivity index (χ0) is 17.7. The fraction of sp³-hybridized carbons (Fsp3) is 0.526. The molecule has 0 bridgehead atoms. The van der Waals surface area contributed by atoms with Crippen molar-refractivity contribution in [3.63, 3.8) is 0 Å². The van der Waals surface area contributed by atoms with E-state index in [1.54, 1.807) is 14.0 Å². The number of unbranched alkanes of at least 4 members (excludes halogenated alkanes) is 2.